The van der Waals surface area contributed by atoms with Crippen LogP contribution in [0.1, 0.15) is 15.9 Å². The van der Waals surface area contributed by atoms with Gasteiger partial charge in [-0.15, -0.1) is 0 Å². The van der Waals surface area contributed by atoms with Gasteiger partial charge in [-0.3, -0.25) is 14.2 Å². The molecule has 1 aromatic heterocycles. The van der Waals surface area contributed by atoms with E-state index < -0.39 is 5.82 Å². The number of ether oxygens (including phenoxy) is 1. The van der Waals surface area contributed by atoms with Gasteiger partial charge in [0.05, 0.1) is 36.4 Å². The highest BCUT2D eigenvalue weighted by atomic mass is 19.1. The molecule has 5 nitrogen and oxygen atoms in total. The second-order valence-corrected chi connectivity index (χ2v) is 5.47. The number of Topliss-reactive ketones (excluding diaryl/α,β-unsaturated/α-hetero) is 1. The number of benzene rings is 2. The van der Waals surface area contributed by atoms with E-state index in [0.29, 0.717) is 11.3 Å². The molecule has 0 spiro atoms. The quantitative estimate of drug-likeness (QED) is 0.692. The third kappa shape index (κ3) is 2.90. The van der Waals surface area contributed by atoms with E-state index in [-0.39, 0.29) is 28.8 Å². The van der Waals surface area contributed by atoms with Crippen LogP contribution in [0.4, 0.5) is 4.39 Å². The third-order valence-electron chi connectivity index (χ3n) is 3.76. The maximum atomic E-state index is 13.2. The van der Waals surface area contributed by atoms with Gasteiger partial charge in [0.1, 0.15) is 11.6 Å². The first-order chi connectivity index (χ1) is 11.5. The predicted octanol–water partition coefficient (Wildman–Crippen LogP) is 2.74. The van der Waals surface area contributed by atoms with Crippen LogP contribution in [0.25, 0.3) is 10.9 Å². The lowest BCUT2D eigenvalue weighted by Crippen LogP contribution is -2.25. The SMILES string of the molecule is COc1ccc(C)cc1C(=O)Cn1cnc2cc(F)ccc2c1=O. The maximum Gasteiger partial charge on any atom is 0.261 e. The van der Waals surface area contributed by atoms with E-state index in [4.69, 9.17) is 4.74 Å². The number of carbonyl (C=O) groups is 1. The smallest absolute Gasteiger partial charge is 0.261 e. The lowest BCUT2D eigenvalue weighted by molar-refractivity contribution is 0.0967. The molecular weight excluding hydrogens is 311 g/mol. The zero-order valence-electron chi connectivity index (χ0n) is 13.2. The van der Waals surface area contributed by atoms with Crippen LogP contribution in [-0.4, -0.2) is 22.4 Å². The summed E-state index contributed by atoms with van der Waals surface area (Å²) in [5, 5.41) is 0.267. The van der Waals surface area contributed by atoms with Crippen molar-refractivity contribution < 1.29 is 13.9 Å². The molecule has 0 radical (unpaired) electrons. The predicted molar refractivity (Wildman–Crippen MR) is 88.0 cm³/mol. The number of carbonyl (C=O) groups excluding carboxylic acids is 1. The molecule has 0 fully saturated rings. The van der Waals surface area contributed by atoms with Gasteiger partial charge in [0.25, 0.3) is 5.56 Å². The Kier molecular flexibility index (Phi) is 4.12. The molecule has 0 aliphatic rings. The molecule has 2 aromatic carbocycles. The van der Waals surface area contributed by atoms with Crippen molar-refractivity contribution in [2.45, 2.75) is 13.5 Å². The Hall–Kier alpha value is -3.02. The minimum atomic E-state index is -0.465. The van der Waals surface area contributed by atoms with Gasteiger partial charge in [-0.25, -0.2) is 9.37 Å². The minimum absolute atomic E-state index is 0.168. The van der Waals surface area contributed by atoms with Gasteiger partial charge in [0.15, 0.2) is 5.78 Å². The van der Waals surface area contributed by atoms with Crippen LogP contribution in [0.3, 0.4) is 0 Å². The van der Waals surface area contributed by atoms with Crippen LogP contribution >= 0.6 is 0 Å². The van der Waals surface area contributed by atoms with Crippen molar-refractivity contribution in [3.05, 3.63) is 70.0 Å². The number of methoxy groups -OCH3 is 1. The number of fused-ring (bicyclic) bond motifs is 1. The summed E-state index contributed by atoms with van der Waals surface area (Å²) in [5.41, 5.74) is 1.19. The van der Waals surface area contributed by atoms with Crippen LogP contribution in [-0.2, 0) is 6.54 Å². The zero-order chi connectivity index (χ0) is 17.3. The molecule has 0 aliphatic carbocycles. The first-order valence-corrected chi connectivity index (χ1v) is 7.32. The highest BCUT2D eigenvalue weighted by Gasteiger charge is 2.15. The molecule has 3 rings (SSSR count). The van der Waals surface area contributed by atoms with Crippen LogP contribution in [0.2, 0.25) is 0 Å². The summed E-state index contributed by atoms with van der Waals surface area (Å²) in [6.45, 7) is 1.70. The molecule has 24 heavy (non-hydrogen) atoms. The van der Waals surface area contributed by atoms with Gasteiger partial charge in [-0.2, -0.15) is 0 Å². The fraction of sp³-hybridized carbons (Fsp3) is 0.167. The van der Waals surface area contributed by atoms with E-state index in [0.717, 1.165) is 5.56 Å². The van der Waals surface area contributed by atoms with Crippen molar-refractivity contribution in [1.29, 1.82) is 0 Å². The van der Waals surface area contributed by atoms with E-state index in [9.17, 15) is 14.0 Å². The second kappa shape index (κ2) is 6.23. The van der Waals surface area contributed by atoms with Crippen molar-refractivity contribution in [3.8, 4) is 5.75 Å². The highest BCUT2D eigenvalue weighted by Crippen LogP contribution is 2.20. The monoisotopic (exact) mass is 326 g/mol. The van der Waals surface area contributed by atoms with Gasteiger partial charge < -0.3 is 4.74 Å². The Balaban J connectivity index is 2.00. The number of halogens is 1. The van der Waals surface area contributed by atoms with E-state index >= 15 is 0 Å². The fourth-order valence-electron chi connectivity index (χ4n) is 2.52. The summed E-state index contributed by atoms with van der Waals surface area (Å²) >= 11 is 0. The average molecular weight is 326 g/mol. The Morgan fingerprint density at radius 1 is 1.25 bits per heavy atom. The Labute approximate surface area is 137 Å². The first-order valence-electron chi connectivity index (χ1n) is 7.32. The van der Waals surface area contributed by atoms with Gasteiger partial charge in [-0.05, 0) is 31.2 Å². The molecule has 6 heteroatoms. The highest BCUT2D eigenvalue weighted by molar-refractivity contribution is 5.98. The summed E-state index contributed by atoms with van der Waals surface area (Å²) in [4.78, 5) is 29.1. The van der Waals surface area contributed by atoms with Gasteiger partial charge in [0.2, 0.25) is 0 Å². The summed E-state index contributed by atoms with van der Waals surface area (Å²) in [6, 6.07) is 9.03. The van der Waals surface area contributed by atoms with E-state index in [1.165, 1.54) is 36.2 Å². The molecule has 0 saturated heterocycles. The maximum absolute atomic E-state index is 13.2. The molecule has 0 unspecified atom stereocenters. The first kappa shape index (κ1) is 15.9. The Morgan fingerprint density at radius 3 is 2.79 bits per heavy atom. The summed E-state index contributed by atoms with van der Waals surface area (Å²) < 4.78 is 19.6. The minimum Gasteiger partial charge on any atom is -0.496 e. The van der Waals surface area contributed by atoms with E-state index in [2.05, 4.69) is 4.98 Å². The number of hydrogen-bond acceptors (Lipinski definition) is 4. The number of hydrogen-bond donors (Lipinski definition) is 0. The number of aromatic nitrogens is 2. The normalized spacial score (nSPS) is 10.8. The van der Waals surface area contributed by atoms with Gasteiger partial charge >= 0.3 is 0 Å². The lowest BCUT2D eigenvalue weighted by atomic mass is 10.1. The van der Waals surface area contributed by atoms with Crippen molar-refractivity contribution in [2.24, 2.45) is 0 Å². The van der Waals surface area contributed by atoms with Crippen molar-refractivity contribution >= 4 is 16.7 Å². The standard InChI is InChI=1S/C18H15FN2O3/c1-11-3-6-17(24-2)14(7-11)16(22)9-21-10-20-15-8-12(19)4-5-13(15)18(21)23/h3-8,10H,9H2,1-2H3. The average Bonchev–Trinajstić information content (AvgIpc) is 2.57. The van der Waals surface area contributed by atoms with Crippen molar-refractivity contribution in [2.75, 3.05) is 7.11 Å². The van der Waals surface area contributed by atoms with Crippen LogP contribution in [0, 0.1) is 12.7 Å². The molecule has 0 atom stereocenters. The topological polar surface area (TPSA) is 61.2 Å². The molecule has 0 amide bonds. The van der Waals surface area contributed by atoms with Gasteiger partial charge in [0, 0.05) is 6.07 Å². The largest absolute Gasteiger partial charge is 0.496 e. The molecule has 3 aromatic rings. The summed E-state index contributed by atoms with van der Waals surface area (Å²) in [7, 11) is 1.49. The number of rotatable bonds is 4. The van der Waals surface area contributed by atoms with E-state index in [1.54, 1.807) is 12.1 Å². The summed E-state index contributed by atoms with van der Waals surface area (Å²) in [6.07, 6.45) is 1.25. The van der Waals surface area contributed by atoms with Crippen molar-refractivity contribution in [1.82, 2.24) is 9.55 Å². The van der Waals surface area contributed by atoms with Crippen LogP contribution < -0.4 is 10.3 Å². The molecule has 0 N–H and O–H groups in total. The molecule has 0 aliphatic heterocycles. The fourth-order valence-corrected chi connectivity index (χ4v) is 2.52. The van der Waals surface area contributed by atoms with E-state index in [1.807, 2.05) is 13.0 Å². The number of nitrogens with zero attached hydrogens (tertiary/aromatic N) is 2. The number of ketones is 1. The molecule has 122 valence electrons. The van der Waals surface area contributed by atoms with Crippen LogP contribution in [0.5, 0.6) is 5.75 Å². The molecule has 0 saturated carbocycles. The Bertz CT molecular complexity index is 995. The lowest BCUT2D eigenvalue weighted by Gasteiger charge is -2.10. The molecular formula is C18H15FN2O3. The summed E-state index contributed by atoms with van der Waals surface area (Å²) in [5.74, 6) is -0.275. The third-order valence-corrected chi connectivity index (χ3v) is 3.76. The number of aryl methyl sites for hydroxylation is 1. The Morgan fingerprint density at radius 2 is 2.04 bits per heavy atom. The molecule has 0 bridgehead atoms. The van der Waals surface area contributed by atoms with Gasteiger partial charge in [-0.1, -0.05) is 11.6 Å². The van der Waals surface area contributed by atoms with Crippen LogP contribution in [0.15, 0.2) is 47.5 Å². The molecule has 1 heterocycles. The second-order valence-electron chi connectivity index (χ2n) is 5.47. The zero-order valence-corrected chi connectivity index (χ0v) is 13.2. The van der Waals surface area contributed by atoms with Crippen molar-refractivity contribution in [3.63, 3.8) is 0 Å².